The molecule has 1 saturated heterocycles. The molecular formula is C25H32N2O4. The fraction of sp³-hybridized carbons (Fsp3) is 0.440. The fourth-order valence-corrected chi connectivity index (χ4v) is 4.11. The van der Waals surface area contributed by atoms with E-state index in [1.807, 2.05) is 67.3 Å². The third kappa shape index (κ3) is 5.57. The zero-order chi connectivity index (χ0) is 22.4. The summed E-state index contributed by atoms with van der Waals surface area (Å²) >= 11 is 0. The predicted molar refractivity (Wildman–Crippen MR) is 120 cm³/mol. The molecule has 0 saturated carbocycles. The molecule has 6 nitrogen and oxygen atoms in total. The molecule has 0 aromatic heterocycles. The molecule has 6 heteroatoms. The monoisotopic (exact) mass is 424 g/mol. The van der Waals surface area contributed by atoms with Gasteiger partial charge in [-0.05, 0) is 17.5 Å². The second-order valence-corrected chi connectivity index (χ2v) is 8.42. The molecule has 3 rings (SSSR count). The summed E-state index contributed by atoms with van der Waals surface area (Å²) in [7, 11) is 3.22. The molecule has 0 spiro atoms. The first kappa shape index (κ1) is 22.7. The summed E-state index contributed by atoms with van der Waals surface area (Å²) in [6, 6.07) is 15.5. The largest absolute Gasteiger partial charge is 0.497 e. The molecule has 1 aliphatic rings. The molecule has 2 amide bonds. The molecule has 1 N–H and O–H groups in total. The SMILES string of the molecule is COc1ccc(C2CN(C(=O)CC(C)C)CC2C(=O)NCc2ccccc2)c(OC)c1. The van der Waals surface area contributed by atoms with Crippen LogP contribution in [0.1, 0.15) is 37.3 Å². The average molecular weight is 425 g/mol. The summed E-state index contributed by atoms with van der Waals surface area (Å²) in [5, 5.41) is 3.06. The van der Waals surface area contributed by atoms with Crippen molar-refractivity contribution in [3.8, 4) is 11.5 Å². The first-order chi connectivity index (χ1) is 14.9. The maximum atomic E-state index is 13.2. The van der Waals surface area contributed by atoms with Crippen LogP contribution >= 0.6 is 0 Å². The van der Waals surface area contributed by atoms with Gasteiger partial charge in [-0.1, -0.05) is 50.2 Å². The van der Waals surface area contributed by atoms with Crippen LogP contribution in [0.2, 0.25) is 0 Å². The van der Waals surface area contributed by atoms with Crippen LogP contribution in [-0.2, 0) is 16.1 Å². The molecule has 166 valence electrons. The molecule has 1 fully saturated rings. The van der Waals surface area contributed by atoms with Crippen LogP contribution in [0.25, 0.3) is 0 Å². The molecule has 0 radical (unpaired) electrons. The van der Waals surface area contributed by atoms with E-state index in [9.17, 15) is 9.59 Å². The van der Waals surface area contributed by atoms with Gasteiger partial charge in [0.05, 0.1) is 20.1 Å². The fourth-order valence-electron chi connectivity index (χ4n) is 4.11. The van der Waals surface area contributed by atoms with Crippen molar-refractivity contribution in [2.45, 2.75) is 32.7 Å². The maximum absolute atomic E-state index is 13.2. The Labute approximate surface area is 184 Å². The minimum atomic E-state index is -0.345. The summed E-state index contributed by atoms with van der Waals surface area (Å²) in [5.74, 6) is 1.18. The summed E-state index contributed by atoms with van der Waals surface area (Å²) < 4.78 is 10.9. The number of hydrogen-bond acceptors (Lipinski definition) is 4. The number of benzene rings is 2. The summed E-state index contributed by atoms with van der Waals surface area (Å²) in [6.07, 6.45) is 0.477. The number of nitrogens with one attached hydrogen (secondary N) is 1. The molecule has 31 heavy (non-hydrogen) atoms. The highest BCUT2D eigenvalue weighted by Gasteiger charge is 2.41. The highest BCUT2D eigenvalue weighted by molar-refractivity contribution is 5.83. The number of carbonyl (C=O) groups excluding carboxylic acids is 2. The third-order valence-corrected chi connectivity index (χ3v) is 5.74. The van der Waals surface area contributed by atoms with Crippen molar-refractivity contribution >= 4 is 11.8 Å². The first-order valence-electron chi connectivity index (χ1n) is 10.7. The Bertz CT molecular complexity index is 898. The Balaban J connectivity index is 1.84. The van der Waals surface area contributed by atoms with Crippen molar-refractivity contribution in [1.29, 1.82) is 0 Å². The quantitative estimate of drug-likeness (QED) is 0.703. The van der Waals surface area contributed by atoms with Gasteiger partial charge in [0, 0.05) is 43.6 Å². The number of hydrogen-bond donors (Lipinski definition) is 1. The van der Waals surface area contributed by atoms with Crippen LogP contribution in [-0.4, -0.2) is 44.0 Å². The van der Waals surface area contributed by atoms with Crippen molar-refractivity contribution in [2.24, 2.45) is 11.8 Å². The number of likely N-dealkylation sites (tertiary alicyclic amines) is 1. The molecule has 1 aliphatic heterocycles. The number of methoxy groups -OCH3 is 2. The van der Waals surface area contributed by atoms with Crippen LogP contribution in [0, 0.1) is 11.8 Å². The van der Waals surface area contributed by atoms with Crippen LogP contribution in [0.4, 0.5) is 0 Å². The lowest BCUT2D eigenvalue weighted by Gasteiger charge is -2.21. The van der Waals surface area contributed by atoms with E-state index in [1.54, 1.807) is 14.2 Å². The van der Waals surface area contributed by atoms with E-state index >= 15 is 0 Å². The van der Waals surface area contributed by atoms with Gasteiger partial charge in [0.25, 0.3) is 0 Å². The second kappa shape index (κ2) is 10.3. The van der Waals surface area contributed by atoms with E-state index in [4.69, 9.17) is 9.47 Å². The Kier molecular flexibility index (Phi) is 7.55. The van der Waals surface area contributed by atoms with Gasteiger partial charge in [0.15, 0.2) is 0 Å². The molecule has 1 heterocycles. The molecule has 2 aromatic carbocycles. The molecule has 0 aliphatic carbocycles. The first-order valence-corrected chi connectivity index (χ1v) is 10.7. The average Bonchev–Trinajstić information content (AvgIpc) is 3.22. The van der Waals surface area contributed by atoms with Crippen LogP contribution < -0.4 is 14.8 Å². The molecular weight excluding hydrogens is 392 g/mol. The second-order valence-electron chi connectivity index (χ2n) is 8.42. The van der Waals surface area contributed by atoms with E-state index in [2.05, 4.69) is 5.32 Å². The maximum Gasteiger partial charge on any atom is 0.225 e. The van der Waals surface area contributed by atoms with E-state index < -0.39 is 0 Å². The van der Waals surface area contributed by atoms with Crippen LogP contribution in [0.5, 0.6) is 11.5 Å². The van der Waals surface area contributed by atoms with Gasteiger partial charge < -0.3 is 19.7 Å². The van der Waals surface area contributed by atoms with Gasteiger partial charge in [-0.15, -0.1) is 0 Å². The van der Waals surface area contributed by atoms with Crippen LogP contribution in [0.15, 0.2) is 48.5 Å². The molecule has 2 unspecified atom stereocenters. The van der Waals surface area contributed by atoms with Crippen LogP contribution in [0.3, 0.4) is 0 Å². The number of rotatable bonds is 8. The minimum Gasteiger partial charge on any atom is -0.497 e. The molecule has 0 bridgehead atoms. The number of amides is 2. The minimum absolute atomic E-state index is 0.0495. The Hall–Kier alpha value is -3.02. The normalized spacial score (nSPS) is 18.2. The Morgan fingerprint density at radius 3 is 2.45 bits per heavy atom. The number of ether oxygens (including phenoxy) is 2. The highest BCUT2D eigenvalue weighted by atomic mass is 16.5. The Morgan fingerprint density at radius 2 is 1.81 bits per heavy atom. The standard InChI is InChI=1S/C25H32N2O4/c1-17(2)12-24(28)27-15-21(20-11-10-19(30-3)13-23(20)31-4)22(16-27)25(29)26-14-18-8-6-5-7-9-18/h5-11,13,17,21-22H,12,14-16H2,1-4H3,(H,26,29). The molecule has 2 aromatic rings. The van der Waals surface area contributed by atoms with Crippen molar-refractivity contribution < 1.29 is 19.1 Å². The number of carbonyl (C=O) groups is 2. The van der Waals surface area contributed by atoms with E-state index in [1.165, 1.54) is 0 Å². The summed E-state index contributed by atoms with van der Waals surface area (Å²) in [5.41, 5.74) is 1.96. The van der Waals surface area contributed by atoms with Crippen molar-refractivity contribution in [2.75, 3.05) is 27.3 Å². The highest BCUT2D eigenvalue weighted by Crippen LogP contribution is 2.39. The lowest BCUT2D eigenvalue weighted by molar-refractivity contribution is -0.131. The van der Waals surface area contributed by atoms with E-state index in [0.717, 1.165) is 11.1 Å². The van der Waals surface area contributed by atoms with E-state index in [-0.39, 0.29) is 29.6 Å². The van der Waals surface area contributed by atoms with Gasteiger partial charge in [-0.2, -0.15) is 0 Å². The van der Waals surface area contributed by atoms with Gasteiger partial charge in [-0.3, -0.25) is 9.59 Å². The zero-order valence-electron chi connectivity index (χ0n) is 18.8. The van der Waals surface area contributed by atoms with Gasteiger partial charge in [-0.25, -0.2) is 0 Å². The lowest BCUT2D eigenvalue weighted by atomic mass is 9.87. The Morgan fingerprint density at radius 1 is 1.06 bits per heavy atom. The smallest absolute Gasteiger partial charge is 0.225 e. The zero-order valence-corrected chi connectivity index (χ0v) is 18.8. The number of nitrogens with zero attached hydrogens (tertiary/aromatic N) is 1. The van der Waals surface area contributed by atoms with Gasteiger partial charge in [0.1, 0.15) is 11.5 Å². The third-order valence-electron chi connectivity index (χ3n) is 5.74. The topological polar surface area (TPSA) is 67.9 Å². The van der Waals surface area contributed by atoms with Crippen molar-refractivity contribution in [3.05, 3.63) is 59.7 Å². The lowest BCUT2D eigenvalue weighted by Crippen LogP contribution is -2.35. The van der Waals surface area contributed by atoms with Gasteiger partial charge in [0.2, 0.25) is 11.8 Å². The van der Waals surface area contributed by atoms with E-state index in [0.29, 0.717) is 37.6 Å². The van der Waals surface area contributed by atoms with Crippen molar-refractivity contribution in [1.82, 2.24) is 10.2 Å². The van der Waals surface area contributed by atoms with Crippen molar-refractivity contribution in [3.63, 3.8) is 0 Å². The molecule has 2 atom stereocenters. The summed E-state index contributed by atoms with van der Waals surface area (Å²) in [4.78, 5) is 27.8. The summed E-state index contributed by atoms with van der Waals surface area (Å²) in [6.45, 7) is 5.43. The van der Waals surface area contributed by atoms with Gasteiger partial charge >= 0.3 is 0 Å². The predicted octanol–water partition coefficient (Wildman–Crippen LogP) is 3.61.